The molecule has 30 heavy (non-hydrogen) atoms. The van der Waals surface area contributed by atoms with Gasteiger partial charge in [0.15, 0.2) is 5.65 Å². The number of anilines is 1. The maximum Gasteiger partial charge on any atom is 0.267 e. The maximum absolute atomic E-state index is 13.6. The van der Waals surface area contributed by atoms with Crippen molar-refractivity contribution in [1.82, 2.24) is 15.2 Å². The molecule has 0 radical (unpaired) electrons. The molecule has 142 valence electrons. The minimum atomic E-state index is -0.374. The van der Waals surface area contributed by atoms with E-state index in [1.165, 1.54) is 11.1 Å². The van der Waals surface area contributed by atoms with E-state index in [0.717, 1.165) is 16.3 Å². The van der Waals surface area contributed by atoms with Crippen LogP contribution < -0.4 is 4.90 Å². The Hall–Kier alpha value is -4.32. The van der Waals surface area contributed by atoms with Crippen LogP contribution in [0, 0.1) is 0 Å². The standard InChI is InChI=1S/C24H14N4O2/c29-23-17-13-25-22-20(21(26-27-22)15-8-2-1-3-9-15)19(17)24(30)28(23)18-12-6-10-14-7-4-5-11-16(14)18/h1-13H,(H,25,26,27). The van der Waals surface area contributed by atoms with Crippen LogP contribution in [0.1, 0.15) is 20.7 Å². The molecule has 1 aliphatic heterocycles. The molecule has 0 spiro atoms. The lowest BCUT2D eigenvalue weighted by molar-refractivity contribution is 0.0927. The Kier molecular flexibility index (Phi) is 3.37. The van der Waals surface area contributed by atoms with Crippen molar-refractivity contribution in [2.75, 3.05) is 4.90 Å². The Morgan fingerprint density at radius 3 is 2.43 bits per heavy atom. The van der Waals surface area contributed by atoms with Gasteiger partial charge in [-0.15, -0.1) is 0 Å². The number of hydrogen-bond donors (Lipinski definition) is 1. The van der Waals surface area contributed by atoms with E-state index in [-0.39, 0.29) is 11.8 Å². The number of aromatic amines is 1. The molecule has 0 bridgehead atoms. The maximum atomic E-state index is 13.6. The van der Waals surface area contributed by atoms with E-state index in [0.29, 0.717) is 33.5 Å². The second kappa shape index (κ2) is 6.09. The van der Waals surface area contributed by atoms with Gasteiger partial charge >= 0.3 is 0 Å². The van der Waals surface area contributed by atoms with Gasteiger partial charge in [-0.1, -0.05) is 66.7 Å². The average molecular weight is 390 g/mol. The Balaban J connectivity index is 1.60. The number of hydrogen-bond acceptors (Lipinski definition) is 4. The predicted molar refractivity (Wildman–Crippen MR) is 114 cm³/mol. The molecule has 6 rings (SSSR count). The summed E-state index contributed by atoms with van der Waals surface area (Å²) in [6.45, 7) is 0. The van der Waals surface area contributed by atoms with Gasteiger partial charge < -0.3 is 0 Å². The summed E-state index contributed by atoms with van der Waals surface area (Å²) in [7, 11) is 0. The first-order valence-electron chi connectivity index (χ1n) is 9.53. The number of benzene rings is 3. The van der Waals surface area contributed by atoms with Crippen molar-refractivity contribution in [3.8, 4) is 11.3 Å². The van der Waals surface area contributed by atoms with E-state index in [1.807, 2.05) is 66.7 Å². The molecule has 3 heterocycles. The Labute approximate surface area is 170 Å². The summed E-state index contributed by atoms with van der Waals surface area (Å²) < 4.78 is 0. The number of H-pyrrole nitrogens is 1. The normalized spacial score (nSPS) is 13.4. The van der Waals surface area contributed by atoms with Crippen LogP contribution in [0.4, 0.5) is 5.69 Å². The second-order valence-electron chi connectivity index (χ2n) is 7.15. The number of amides is 2. The third kappa shape index (κ3) is 2.18. The fourth-order valence-corrected chi connectivity index (χ4v) is 4.13. The van der Waals surface area contributed by atoms with Crippen LogP contribution in [0.25, 0.3) is 33.1 Å². The third-order valence-corrected chi connectivity index (χ3v) is 5.50. The number of pyridine rings is 1. The molecule has 3 aromatic carbocycles. The molecule has 2 amide bonds. The molecule has 0 aliphatic carbocycles. The van der Waals surface area contributed by atoms with Crippen molar-refractivity contribution in [2.24, 2.45) is 0 Å². The fraction of sp³-hybridized carbons (Fsp3) is 0. The highest BCUT2D eigenvalue weighted by molar-refractivity contribution is 6.39. The highest BCUT2D eigenvalue weighted by Crippen LogP contribution is 2.38. The van der Waals surface area contributed by atoms with E-state index in [9.17, 15) is 9.59 Å². The molecule has 1 aliphatic rings. The predicted octanol–water partition coefficient (Wildman–Crippen LogP) is 4.58. The number of fused-ring (bicyclic) bond motifs is 4. The largest absolute Gasteiger partial charge is 0.275 e. The number of nitrogens with zero attached hydrogens (tertiary/aromatic N) is 3. The molecule has 0 saturated heterocycles. The first-order chi connectivity index (χ1) is 14.7. The number of aromatic nitrogens is 3. The number of rotatable bonds is 2. The lowest BCUT2D eigenvalue weighted by Crippen LogP contribution is -2.29. The van der Waals surface area contributed by atoms with Gasteiger partial charge in [0.25, 0.3) is 11.8 Å². The Bertz CT molecular complexity index is 1480. The Morgan fingerprint density at radius 1 is 0.800 bits per heavy atom. The van der Waals surface area contributed by atoms with Gasteiger partial charge in [-0.3, -0.25) is 14.7 Å². The first kappa shape index (κ1) is 16.6. The number of imide groups is 1. The first-order valence-corrected chi connectivity index (χ1v) is 9.53. The van der Waals surface area contributed by atoms with Crippen LogP contribution in [0.2, 0.25) is 0 Å². The zero-order valence-electron chi connectivity index (χ0n) is 15.7. The smallest absolute Gasteiger partial charge is 0.267 e. The van der Waals surface area contributed by atoms with Gasteiger partial charge in [0.05, 0.1) is 27.9 Å². The van der Waals surface area contributed by atoms with Crippen molar-refractivity contribution < 1.29 is 9.59 Å². The highest BCUT2D eigenvalue weighted by Gasteiger charge is 2.40. The number of nitrogens with one attached hydrogen (secondary N) is 1. The van der Waals surface area contributed by atoms with Gasteiger partial charge in [-0.2, -0.15) is 5.10 Å². The third-order valence-electron chi connectivity index (χ3n) is 5.50. The molecule has 1 N–H and O–H groups in total. The van der Waals surface area contributed by atoms with Crippen LogP contribution >= 0.6 is 0 Å². The molecule has 0 fully saturated rings. The fourth-order valence-electron chi connectivity index (χ4n) is 4.13. The van der Waals surface area contributed by atoms with Crippen molar-refractivity contribution in [3.63, 3.8) is 0 Å². The lowest BCUT2D eigenvalue weighted by atomic mass is 10.0. The van der Waals surface area contributed by atoms with Gasteiger partial charge in [0, 0.05) is 17.1 Å². The SMILES string of the molecule is O=C1c2cnc3n[nH]c(-c4ccccc4)c3c2C(=O)N1c1cccc2ccccc12. The molecule has 5 aromatic rings. The zero-order valence-corrected chi connectivity index (χ0v) is 15.7. The average Bonchev–Trinajstić information content (AvgIpc) is 3.33. The molecule has 0 atom stereocenters. The van der Waals surface area contributed by atoms with Crippen molar-refractivity contribution in [1.29, 1.82) is 0 Å². The topological polar surface area (TPSA) is 79.0 Å². The molecule has 6 heteroatoms. The van der Waals surface area contributed by atoms with Crippen LogP contribution in [0.3, 0.4) is 0 Å². The molecule has 6 nitrogen and oxygen atoms in total. The Morgan fingerprint density at radius 2 is 1.57 bits per heavy atom. The van der Waals surface area contributed by atoms with Crippen molar-refractivity contribution in [3.05, 3.63) is 90.1 Å². The summed E-state index contributed by atoms with van der Waals surface area (Å²) >= 11 is 0. The summed E-state index contributed by atoms with van der Waals surface area (Å²) in [6.07, 6.45) is 1.44. The highest BCUT2D eigenvalue weighted by atomic mass is 16.2. The van der Waals surface area contributed by atoms with Gasteiger partial charge in [0.1, 0.15) is 0 Å². The van der Waals surface area contributed by atoms with E-state index >= 15 is 0 Å². The minimum Gasteiger partial charge on any atom is -0.275 e. The molecular formula is C24H14N4O2. The van der Waals surface area contributed by atoms with E-state index in [2.05, 4.69) is 15.2 Å². The summed E-state index contributed by atoms with van der Waals surface area (Å²) in [4.78, 5) is 32.5. The van der Waals surface area contributed by atoms with Crippen LogP contribution in [-0.4, -0.2) is 27.0 Å². The van der Waals surface area contributed by atoms with E-state index in [1.54, 1.807) is 6.07 Å². The van der Waals surface area contributed by atoms with Crippen LogP contribution in [0.5, 0.6) is 0 Å². The summed E-state index contributed by atoms with van der Waals surface area (Å²) in [5.41, 5.74) is 3.16. The van der Waals surface area contributed by atoms with Crippen molar-refractivity contribution in [2.45, 2.75) is 0 Å². The summed E-state index contributed by atoms with van der Waals surface area (Å²) in [5, 5.41) is 9.62. The van der Waals surface area contributed by atoms with E-state index < -0.39 is 0 Å². The summed E-state index contributed by atoms with van der Waals surface area (Å²) in [5.74, 6) is -0.738. The summed E-state index contributed by atoms with van der Waals surface area (Å²) in [6, 6.07) is 22.9. The minimum absolute atomic E-state index is 0.291. The van der Waals surface area contributed by atoms with Gasteiger partial charge in [-0.05, 0) is 11.5 Å². The van der Waals surface area contributed by atoms with Gasteiger partial charge in [0.2, 0.25) is 0 Å². The van der Waals surface area contributed by atoms with Crippen LogP contribution in [-0.2, 0) is 0 Å². The number of carbonyl (C=O) groups excluding carboxylic acids is 2. The van der Waals surface area contributed by atoms with E-state index in [4.69, 9.17) is 0 Å². The number of carbonyl (C=O) groups is 2. The molecule has 0 unspecified atom stereocenters. The lowest BCUT2D eigenvalue weighted by Gasteiger charge is -2.16. The zero-order chi connectivity index (χ0) is 20.2. The van der Waals surface area contributed by atoms with Crippen molar-refractivity contribution >= 4 is 39.3 Å². The molecule has 2 aromatic heterocycles. The molecular weight excluding hydrogens is 376 g/mol. The second-order valence-corrected chi connectivity index (χ2v) is 7.15. The molecule has 0 saturated carbocycles. The quantitative estimate of drug-likeness (QED) is 0.448. The van der Waals surface area contributed by atoms with Gasteiger partial charge in [-0.25, -0.2) is 9.88 Å². The van der Waals surface area contributed by atoms with Crippen LogP contribution in [0.15, 0.2) is 79.0 Å². The monoisotopic (exact) mass is 390 g/mol.